The van der Waals surface area contributed by atoms with E-state index in [9.17, 15) is 9.59 Å². The van der Waals surface area contributed by atoms with Crippen molar-refractivity contribution in [1.82, 2.24) is 5.32 Å². The maximum Gasteiger partial charge on any atom is 0.408 e. The summed E-state index contributed by atoms with van der Waals surface area (Å²) in [4.78, 5) is 22.5. The van der Waals surface area contributed by atoms with Crippen LogP contribution in [0, 0.1) is 0 Å². The lowest BCUT2D eigenvalue weighted by Gasteiger charge is -2.28. The quantitative estimate of drug-likeness (QED) is 0.868. The number of alkyl carbamates (subject to hydrolysis) is 1. The molecule has 0 saturated carbocycles. The van der Waals surface area contributed by atoms with Crippen molar-refractivity contribution < 1.29 is 14.3 Å². The van der Waals surface area contributed by atoms with Crippen molar-refractivity contribution in [3.63, 3.8) is 0 Å². The molecule has 1 aromatic rings. The Labute approximate surface area is 125 Å². The summed E-state index contributed by atoms with van der Waals surface area (Å²) in [5.41, 5.74) is 2.90. The summed E-state index contributed by atoms with van der Waals surface area (Å²) in [5.74, 6) is 0. The Hall–Kier alpha value is -1.84. The normalized spacial score (nSPS) is 17.8. The fourth-order valence-corrected chi connectivity index (χ4v) is 2.69. The number of hydrogen-bond donors (Lipinski definition) is 1. The van der Waals surface area contributed by atoms with E-state index in [-0.39, 0.29) is 12.1 Å². The summed E-state index contributed by atoms with van der Waals surface area (Å²) < 4.78 is 5.32. The Kier molecular flexibility index (Phi) is 4.66. The predicted molar refractivity (Wildman–Crippen MR) is 81.3 cm³/mol. The lowest BCUT2D eigenvalue weighted by atomic mass is 9.86. The summed E-state index contributed by atoms with van der Waals surface area (Å²) in [6, 6.07) is 6.05. The minimum absolute atomic E-state index is 0.00567. The molecule has 1 amide bonds. The number of carbonyl (C=O) groups excluding carboxylic acids is 2. The van der Waals surface area contributed by atoms with E-state index in [0.29, 0.717) is 6.42 Å². The van der Waals surface area contributed by atoms with Gasteiger partial charge in [-0.15, -0.1) is 0 Å². The highest BCUT2D eigenvalue weighted by atomic mass is 16.6. The molecule has 1 aliphatic rings. The molecule has 0 bridgehead atoms. The zero-order chi connectivity index (χ0) is 15.5. The monoisotopic (exact) mass is 289 g/mol. The van der Waals surface area contributed by atoms with Crippen LogP contribution < -0.4 is 5.32 Å². The average Bonchev–Trinajstić information content (AvgIpc) is 2.37. The average molecular weight is 289 g/mol. The highest BCUT2D eigenvalue weighted by Gasteiger charge is 2.24. The molecular formula is C17H23NO3. The zero-order valence-electron chi connectivity index (χ0n) is 12.9. The third-order valence-electron chi connectivity index (χ3n) is 3.53. The van der Waals surface area contributed by atoms with Gasteiger partial charge in [-0.3, -0.25) is 0 Å². The molecule has 0 aliphatic heterocycles. The topological polar surface area (TPSA) is 55.4 Å². The first-order valence-corrected chi connectivity index (χ1v) is 7.44. The Morgan fingerprint density at radius 2 is 2.19 bits per heavy atom. The second kappa shape index (κ2) is 6.29. The lowest BCUT2D eigenvalue weighted by molar-refractivity contribution is -0.107. The summed E-state index contributed by atoms with van der Waals surface area (Å²) in [6.45, 7) is 5.56. The van der Waals surface area contributed by atoms with E-state index in [0.717, 1.165) is 36.7 Å². The first-order chi connectivity index (χ1) is 9.89. The van der Waals surface area contributed by atoms with Crippen LogP contribution in [0.25, 0.3) is 0 Å². The van der Waals surface area contributed by atoms with Gasteiger partial charge < -0.3 is 14.8 Å². The molecule has 0 saturated heterocycles. The minimum atomic E-state index is -0.491. The number of rotatable bonds is 3. The number of ether oxygens (including phenoxy) is 1. The van der Waals surface area contributed by atoms with E-state index >= 15 is 0 Å². The Morgan fingerprint density at radius 3 is 2.86 bits per heavy atom. The molecule has 0 radical (unpaired) electrons. The number of aryl methyl sites for hydroxylation is 1. The van der Waals surface area contributed by atoms with Crippen molar-refractivity contribution in [3.8, 4) is 0 Å². The van der Waals surface area contributed by atoms with Gasteiger partial charge in [0, 0.05) is 6.42 Å². The standard InChI is InChI=1S/C17H23NO3/c1-17(2,3)21-16(20)18-15-6-4-5-13-11-12(9-10-19)7-8-14(13)15/h7-8,10-11,15H,4-6,9H2,1-3H3,(H,18,20). The molecule has 1 atom stereocenters. The molecule has 1 aliphatic carbocycles. The molecule has 4 nitrogen and oxygen atoms in total. The van der Waals surface area contributed by atoms with E-state index in [1.165, 1.54) is 5.56 Å². The van der Waals surface area contributed by atoms with E-state index in [1.807, 2.05) is 32.9 Å². The lowest BCUT2D eigenvalue weighted by Crippen LogP contribution is -2.36. The maximum absolute atomic E-state index is 11.9. The fraction of sp³-hybridized carbons (Fsp3) is 0.529. The van der Waals surface area contributed by atoms with E-state index in [1.54, 1.807) is 0 Å². The van der Waals surface area contributed by atoms with Crippen LogP contribution in [0.15, 0.2) is 18.2 Å². The molecule has 4 heteroatoms. The van der Waals surface area contributed by atoms with Crippen LogP contribution in [0.2, 0.25) is 0 Å². The van der Waals surface area contributed by atoms with Crippen molar-refractivity contribution in [3.05, 3.63) is 34.9 Å². The Bertz CT molecular complexity index is 531. The van der Waals surface area contributed by atoms with Crippen molar-refractivity contribution in [1.29, 1.82) is 0 Å². The summed E-state index contributed by atoms with van der Waals surface area (Å²) >= 11 is 0. The van der Waals surface area contributed by atoms with Crippen molar-refractivity contribution in [2.45, 2.75) is 58.1 Å². The number of hydrogen-bond acceptors (Lipinski definition) is 3. The second-order valence-corrected chi connectivity index (χ2v) is 6.50. The van der Waals surface area contributed by atoms with Crippen LogP contribution in [0.1, 0.15) is 56.3 Å². The molecule has 0 heterocycles. The molecule has 0 spiro atoms. The van der Waals surface area contributed by atoms with Crippen LogP contribution in [-0.2, 0) is 22.4 Å². The van der Waals surface area contributed by atoms with Gasteiger partial charge in [0.15, 0.2) is 0 Å². The maximum atomic E-state index is 11.9. The first-order valence-electron chi connectivity index (χ1n) is 7.44. The number of fused-ring (bicyclic) bond motifs is 1. The number of aldehydes is 1. The number of carbonyl (C=O) groups is 2. The number of nitrogens with one attached hydrogen (secondary N) is 1. The smallest absolute Gasteiger partial charge is 0.408 e. The highest BCUT2D eigenvalue weighted by molar-refractivity contribution is 5.68. The van der Waals surface area contributed by atoms with Gasteiger partial charge in [0.2, 0.25) is 0 Å². The Morgan fingerprint density at radius 1 is 1.43 bits per heavy atom. The minimum Gasteiger partial charge on any atom is -0.444 e. The van der Waals surface area contributed by atoms with Crippen LogP contribution in [0.5, 0.6) is 0 Å². The van der Waals surface area contributed by atoms with Gasteiger partial charge in [-0.1, -0.05) is 18.2 Å². The van der Waals surface area contributed by atoms with E-state index in [2.05, 4.69) is 11.4 Å². The SMILES string of the molecule is CC(C)(C)OC(=O)NC1CCCc2cc(CC=O)ccc21. The summed E-state index contributed by atoms with van der Waals surface area (Å²) in [6.07, 6.45) is 3.92. The second-order valence-electron chi connectivity index (χ2n) is 6.50. The third kappa shape index (κ3) is 4.31. The third-order valence-corrected chi connectivity index (χ3v) is 3.53. The van der Waals surface area contributed by atoms with Crippen LogP contribution in [0.4, 0.5) is 4.79 Å². The van der Waals surface area contributed by atoms with Crippen molar-refractivity contribution in [2.24, 2.45) is 0 Å². The molecule has 2 rings (SSSR count). The van der Waals surface area contributed by atoms with Crippen molar-refractivity contribution >= 4 is 12.4 Å². The summed E-state index contributed by atoms with van der Waals surface area (Å²) in [5, 5.41) is 2.95. The molecule has 114 valence electrons. The molecule has 0 aromatic heterocycles. The Balaban J connectivity index is 2.11. The van der Waals surface area contributed by atoms with Crippen molar-refractivity contribution in [2.75, 3.05) is 0 Å². The number of benzene rings is 1. The first kappa shape index (κ1) is 15.5. The van der Waals surface area contributed by atoms with E-state index in [4.69, 9.17) is 4.74 Å². The highest BCUT2D eigenvalue weighted by Crippen LogP contribution is 2.30. The van der Waals surface area contributed by atoms with E-state index < -0.39 is 5.60 Å². The number of amides is 1. The zero-order valence-corrected chi connectivity index (χ0v) is 12.9. The predicted octanol–water partition coefficient (Wildman–Crippen LogP) is 3.33. The molecular weight excluding hydrogens is 266 g/mol. The van der Waals surface area contributed by atoms with Gasteiger partial charge in [-0.05, 0) is 56.7 Å². The van der Waals surface area contributed by atoms with Crippen LogP contribution in [-0.4, -0.2) is 18.0 Å². The fourth-order valence-electron chi connectivity index (χ4n) is 2.69. The largest absolute Gasteiger partial charge is 0.444 e. The summed E-state index contributed by atoms with van der Waals surface area (Å²) in [7, 11) is 0. The van der Waals surface area contributed by atoms with Crippen LogP contribution in [0.3, 0.4) is 0 Å². The molecule has 1 unspecified atom stereocenters. The van der Waals surface area contributed by atoms with Gasteiger partial charge in [0.05, 0.1) is 6.04 Å². The van der Waals surface area contributed by atoms with Gasteiger partial charge in [-0.2, -0.15) is 0 Å². The molecule has 1 N–H and O–H groups in total. The van der Waals surface area contributed by atoms with Crippen LogP contribution >= 0.6 is 0 Å². The van der Waals surface area contributed by atoms with Gasteiger partial charge in [-0.25, -0.2) is 4.79 Å². The van der Waals surface area contributed by atoms with Gasteiger partial charge in [0.25, 0.3) is 0 Å². The van der Waals surface area contributed by atoms with Gasteiger partial charge >= 0.3 is 6.09 Å². The molecule has 1 aromatic carbocycles. The molecule has 0 fully saturated rings. The van der Waals surface area contributed by atoms with Gasteiger partial charge in [0.1, 0.15) is 11.9 Å². The molecule has 21 heavy (non-hydrogen) atoms.